The number of carboxylic acid groups (broad SMARTS) is 1. The van der Waals surface area contributed by atoms with E-state index in [9.17, 15) is 19.2 Å². The minimum Gasteiger partial charge on any atom is -0.480 e. The largest absolute Gasteiger partial charge is 0.480 e. The van der Waals surface area contributed by atoms with Crippen LogP contribution in [0.3, 0.4) is 0 Å². The number of nitrogens with zero attached hydrogens (tertiary/aromatic N) is 4. The zero-order chi connectivity index (χ0) is 15.3. The van der Waals surface area contributed by atoms with Crippen molar-refractivity contribution in [1.82, 2.24) is 19.9 Å². The van der Waals surface area contributed by atoms with E-state index in [-0.39, 0.29) is 5.69 Å². The summed E-state index contributed by atoms with van der Waals surface area (Å²) in [6.07, 6.45) is 1.07. The first-order chi connectivity index (χ1) is 9.29. The summed E-state index contributed by atoms with van der Waals surface area (Å²) >= 11 is 0. The average molecular weight is 284 g/mol. The Kier molecular flexibility index (Phi) is 4.72. The molecule has 0 atom stereocenters. The van der Waals surface area contributed by atoms with E-state index in [1.807, 2.05) is 0 Å². The zero-order valence-corrected chi connectivity index (χ0v) is 10.2. The van der Waals surface area contributed by atoms with Gasteiger partial charge in [0.05, 0.1) is 6.20 Å². The number of hydrogen-bond acceptors (Lipinski definition) is 6. The van der Waals surface area contributed by atoms with E-state index in [0.717, 1.165) is 15.8 Å². The van der Waals surface area contributed by atoms with Crippen LogP contribution < -0.4 is 11.5 Å². The molecule has 1 rings (SSSR count). The van der Waals surface area contributed by atoms with Gasteiger partial charge in [0.1, 0.15) is 19.6 Å². The number of aliphatic carboxylic acids is 1. The fourth-order valence-electron chi connectivity index (χ4n) is 1.35. The summed E-state index contributed by atoms with van der Waals surface area (Å²) < 4.78 is 0.919. The summed E-state index contributed by atoms with van der Waals surface area (Å²) in [7, 11) is 0. The fraction of sp³-hybridized carbons (Fsp3) is 0.333. The van der Waals surface area contributed by atoms with Crippen LogP contribution in [-0.4, -0.2) is 61.8 Å². The van der Waals surface area contributed by atoms with Crippen molar-refractivity contribution in [2.75, 3.05) is 13.1 Å². The van der Waals surface area contributed by atoms with Crippen molar-refractivity contribution >= 4 is 23.7 Å². The van der Waals surface area contributed by atoms with E-state index in [1.165, 1.54) is 0 Å². The summed E-state index contributed by atoms with van der Waals surface area (Å²) in [4.78, 5) is 44.9. The number of carbonyl (C=O) groups excluding carboxylic acids is 3. The van der Waals surface area contributed by atoms with E-state index in [2.05, 4.69) is 10.3 Å². The third-order valence-electron chi connectivity index (χ3n) is 2.04. The third-order valence-corrected chi connectivity index (χ3v) is 2.04. The smallest absolute Gasteiger partial charge is 0.325 e. The highest BCUT2D eigenvalue weighted by atomic mass is 16.4. The molecule has 0 unspecified atom stereocenters. The summed E-state index contributed by atoms with van der Waals surface area (Å²) in [5.74, 6) is -3.64. The molecule has 1 aromatic rings. The highest BCUT2D eigenvalue weighted by molar-refractivity contribution is 5.96. The van der Waals surface area contributed by atoms with E-state index < -0.39 is 43.3 Å². The van der Waals surface area contributed by atoms with Crippen molar-refractivity contribution in [3.05, 3.63) is 11.9 Å². The third kappa shape index (κ3) is 4.36. The summed E-state index contributed by atoms with van der Waals surface area (Å²) in [5, 5.41) is 15.4. The van der Waals surface area contributed by atoms with Crippen LogP contribution in [0.2, 0.25) is 0 Å². The summed E-state index contributed by atoms with van der Waals surface area (Å²) in [5.41, 5.74) is 9.68. The molecule has 0 bridgehead atoms. The Hall–Kier alpha value is -2.98. The van der Waals surface area contributed by atoms with Gasteiger partial charge in [0.15, 0.2) is 5.69 Å². The molecule has 0 fully saturated rings. The molecule has 0 spiro atoms. The van der Waals surface area contributed by atoms with E-state index >= 15 is 0 Å². The number of carboxylic acids is 1. The van der Waals surface area contributed by atoms with Crippen LogP contribution in [0, 0.1) is 0 Å². The number of amides is 3. The maximum atomic E-state index is 12.0. The van der Waals surface area contributed by atoms with Gasteiger partial charge in [-0.15, -0.1) is 5.10 Å². The van der Waals surface area contributed by atoms with Crippen molar-refractivity contribution in [3.8, 4) is 0 Å². The van der Waals surface area contributed by atoms with Crippen LogP contribution in [0.4, 0.5) is 0 Å². The van der Waals surface area contributed by atoms with Crippen molar-refractivity contribution < 1.29 is 24.3 Å². The fourth-order valence-corrected chi connectivity index (χ4v) is 1.35. The standard InChI is InChI=1S/C9H12N6O5/c10-6(16)2-14(3-7(11)17)9(20)5-1-15(13-12-5)4-8(18)19/h1H,2-4H2,(H2,10,16)(H2,11,17)(H,18,19). The molecule has 0 aliphatic rings. The Morgan fingerprint density at radius 1 is 1.20 bits per heavy atom. The lowest BCUT2D eigenvalue weighted by Crippen LogP contribution is -2.43. The lowest BCUT2D eigenvalue weighted by Gasteiger charge is -2.17. The molecule has 20 heavy (non-hydrogen) atoms. The second kappa shape index (κ2) is 6.26. The number of nitrogens with two attached hydrogens (primary N) is 2. The molecule has 0 aliphatic heterocycles. The van der Waals surface area contributed by atoms with Crippen molar-refractivity contribution in [1.29, 1.82) is 0 Å². The van der Waals surface area contributed by atoms with Crippen LogP contribution in [-0.2, 0) is 20.9 Å². The van der Waals surface area contributed by atoms with Crippen molar-refractivity contribution in [2.24, 2.45) is 11.5 Å². The molecule has 0 radical (unpaired) electrons. The second-order valence-electron chi connectivity index (χ2n) is 3.79. The number of aromatic nitrogens is 3. The SMILES string of the molecule is NC(=O)CN(CC(N)=O)C(=O)c1cn(CC(=O)O)nn1. The molecular weight excluding hydrogens is 272 g/mol. The molecule has 108 valence electrons. The molecule has 5 N–H and O–H groups in total. The molecule has 1 aromatic heterocycles. The Balaban J connectivity index is 2.87. The Labute approximate surface area is 112 Å². The predicted octanol–water partition coefficient (Wildman–Crippen LogP) is -3.22. The summed E-state index contributed by atoms with van der Waals surface area (Å²) in [6, 6.07) is 0. The van der Waals surface area contributed by atoms with Gasteiger partial charge in [-0.3, -0.25) is 19.2 Å². The molecule has 0 aromatic carbocycles. The van der Waals surface area contributed by atoms with Gasteiger partial charge in [0.25, 0.3) is 5.91 Å². The number of carbonyl (C=O) groups is 4. The van der Waals surface area contributed by atoms with Crippen molar-refractivity contribution in [2.45, 2.75) is 6.54 Å². The van der Waals surface area contributed by atoms with Gasteiger partial charge in [0, 0.05) is 0 Å². The van der Waals surface area contributed by atoms with Crippen LogP contribution in [0.15, 0.2) is 6.20 Å². The lowest BCUT2D eigenvalue weighted by atomic mass is 10.3. The number of rotatable bonds is 7. The zero-order valence-electron chi connectivity index (χ0n) is 10.2. The maximum absolute atomic E-state index is 12.0. The normalized spacial score (nSPS) is 10.0. The molecule has 3 amide bonds. The molecule has 0 saturated carbocycles. The van der Waals surface area contributed by atoms with Gasteiger partial charge in [-0.1, -0.05) is 5.21 Å². The lowest BCUT2D eigenvalue weighted by molar-refractivity contribution is -0.138. The minimum absolute atomic E-state index is 0.228. The predicted molar refractivity (Wildman–Crippen MR) is 62.0 cm³/mol. The quantitative estimate of drug-likeness (QED) is 0.471. The average Bonchev–Trinajstić information content (AvgIpc) is 2.73. The Morgan fingerprint density at radius 3 is 2.20 bits per heavy atom. The number of primary amides is 2. The molecule has 0 aliphatic carbocycles. The first-order valence-electron chi connectivity index (χ1n) is 5.27. The molecular formula is C9H12N6O5. The van der Waals surface area contributed by atoms with Crippen LogP contribution in [0.1, 0.15) is 10.5 Å². The first-order valence-corrected chi connectivity index (χ1v) is 5.27. The van der Waals surface area contributed by atoms with Crippen LogP contribution in [0.25, 0.3) is 0 Å². The summed E-state index contributed by atoms with van der Waals surface area (Å²) in [6.45, 7) is -1.52. The van der Waals surface area contributed by atoms with Gasteiger partial charge < -0.3 is 21.5 Å². The molecule has 1 heterocycles. The van der Waals surface area contributed by atoms with Gasteiger partial charge in [-0.2, -0.15) is 0 Å². The van der Waals surface area contributed by atoms with Gasteiger partial charge in [0.2, 0.25) is 11.8 Å². The van der Waals surface area contributed by atoms with E-state index in [4.69, 9.17) is 16.6 Å². The monoisotopic (exact) mass is 284 g/mol. The minimum atomic E-state index is -1.17. The van der Waals surface area contributed by atoms with Gasteiger partial charge >= 0.3 is 5.97 Å². The highest BCUT2D eigenvalue weighted by Gasteiger charge is 2.22. The van der Waals surface area contributed by atoms with Gasteiger partial charge in [-0.05, 0) is 0 Å². The molecule has 11 nitrogen and oxygen atoms in total. The van der Waals surface area contributed by atoms with Crippen molar-refractivity contribution in [3.63, 3.8) is 0 Å². The van der Waals surface area contributed by atoms with Crippen LogP contribution in [0.5, 0.6) is 0 Å². The van der Waals surface area contributed by atoms with Gasteiger partial charge in [-0.25, -0.2) is 4.68 Å². The highest BCUT2D eigenvalue weighted by Crippen LogP contribution is 2.01. The molecule has 11 heteroatoms. The second-order valence-corrected chi connectivity index (χ2v) is 3.79. The van der Waals surface area contributed by atoms with E-state index in [0.29, 0.717) is 0 Å². The number of hydrogen-bond donors (Lipinski definition) is 3. The topological polar surface area (TPSA) is 174 Å². The van der Waals surface area contributed by atoms with Crippen LogP contribution >= 0.6 is 0 Å². The van der Waals surface area contributed by atoms with E-state index in [1.54, 1.807) is 0 Å². The first kappa shape index (κ1) is 15.1. The maximum Gasteiger partial charge on any atom is 0.325 e. The Morgan fingerprint density at radius 2 is 1.75 bits per heavy atom. The Bertz CT molecular complexity index is 537. The molecule has 0 saturated heterocycles.